The standard InChI is InChI=1S/C13H16BrN3O/c1-3-6-17-12(8-15-16-17)13(18)10-7-9(2)4-5-11(10)14/h4-5,7-8,13,18H,3,6H2,1-2H3. The maximum absolute atomic E-state index is 10.5. The Balaban J connectivity index is 2.38. The minimum atomic E-state index is -0.708. The van der Waals surface area contributed by atoms with Crippen molar-refractivity contribution in [3.05, 3.63) is 45.7 Å². The monoisotopic (exact) mass is 309 g/mol. The SMILES string of the molecule is CCCn1nncc1C(O)c1cc(C)ccc1Br. The molecule has 0 radical (unpaired) electrons. The molecule has 18 heavy (non-hydrogen) atoms. The maximum Gasteiger partial charge on any atom is 0.123 e. The maximum atomic E-state index is 10.5. The minimum Gasteiger partial charge on any atom is -0.382 e. The van der Waals surface area contributed by atoms with E-state index in [4.69, 9.17) is 0 Å². The highest BCUT2D eigenvalue weighted by molar-refractivity contribution is 9.10. The van der Waals surface area contributed by atoms with Crippen molar-refractivity contribution < 1.29 is 5.11 Å². The van der Waals surface area contributed by atoms with E-state index < -0.39 is 6.10 Å². The third kappa shape index (κ3) is 2.62. The van der Waals surface area contributed by atoms with E-state index in [1.807, 2.05) is 25.1 Å². The van der Waals surface area contributed by atoms with Gasteiger partial charge >= 0.3 is 0 Å². The molecule has 0 aliphatic heterocycles. The number of nitrogens with zero attached hydrogens (tertiary/aromatic N) is 3. The van der Waals surface area contributed by atoms with Gasteiger partial charge in [0.25, 0.3) is 0 Å². The van der Waals surface area contributed by atoms with Crippen molar-refractivity contribution in [1.82, 2.24) is 15.0 Å². The molecule has 0 fully saturated rings. The van der Waals surface area contributed by atoms with E-state index in [0.29, 0.717) is 0 Å². The molecule has 1 atom stereocenters. The van der Waals surface area contributed by atoms with Crippen molar-refractivity contribution in [2.24, 2.45) is 0 Å². The molecule has 5 heteroatoms. The van der Waals surface area contributed by atoms with Crippen LogP contribution in [0.3, 0.4) is 0 Å². The lowest BCUT2D eigenvalue weighted by Crippen LogP contribution is -2.10. The van der Waals surface area contributed by atoms with Crippen molar-refractivity contribution in [2.45, 2.75) is 32.9 Å². The van der Waals surface area contributed by atoms with Gasteiger partial charge in [0.1, 0.15) is 6.10 Å². The molecule has 2 aromatic rings. The molecule has 0 saturated carbocycles. The number of rotatable bonds is 4. The largest absolute Gasteiger partial charge is 0.382 e. The number of aryl methyl sites for hydroxylation is 2. The van der Waals surface area contributed by atoms with Crippen molar-refractivity contribution >= 4 is 15.9 Å². The lowest BCUT2D eigenvalue weighted by Gasteiger charge is -2.14. The number of aliphatic hydroxyl groups is 1. The second-order valence-electron chi connectivity index (χ2n) is 4.31. The summed E-state index contributed by atoms with van der Waals surface area (Å²) in [6.07, 6.45) is 1.87. The summed E-state index contributed by atoms with van der Waals surface area (Å²) in [5, 5.41) is 18.3. The molecule has 4 nitrogen and oxygen atoms in total. The summed E-state index contributed by atoms with van der Waals surface area (Å²) in [6.45, 7) is 4.83. The first-order chi connectivity index (χ1) is 8.63. The predicted octanol–water partition coefficient (Wildman–Crippen LogP) is 2.84. The van der Waals surface area contributed by atoms with Crippen LogP contribution in [0.4, 0.5) is 0 Å². The first-order valence-corrected chi connectivity index (χ1v) is 6.75. The van der Waals surface area contributed by atoms with Crippen LogP contribution in [0, 0.1) is 6.92 Å². The second kappa shape index (κ2) is 5.63. The molecule has 0 amide bonds. The summed E-state index contributed by atoms with van der Waals surface area (Å²) in [5.74, 6) is 0. The van der Waals surface area contributed by atoms with Crippen LogP contribution in [0.15, 0.2) is 28.9 Å². The van der Waals surface area contributed by atoms with Crippen LogP contribution in [-0.4, -0.2) is 20.1 Å². The van der Waals surface area contributed by atoms with Crippen LogP contribution < -0.4 is 0 Å². The van der Waals surface area contributed by atoms with E-state index in [1.165, 1.54) is 0 Å². The van der Waals surface area contributed by atoms with E-state index in [-0.39, 0.29) is 0 Å². The van der Waals surface area contributed by atoms with Crippen LogP contribution in [0.1, 0.15) is 36.3 Å². The van der Waals surface area contributed by atoms with Gasteiger partial charge in [-0.15, -0.1) is 5.10 Å². The molecule has 1 N–H and O–H groups in total. The Morgan fingerprint density at radius 1 is 1.44 bits per heavy atom. The van der Waals surface area contributed by atoms with Gasteiger partial charge in [0.15, 0.2) is 0 Å². The van der Waals surface area contributed by atoms with Crippen molar-refractivity contribution in [3.63, 3.8) is 0 Å². The van der Waals surface area contributed by atoms with E-state index >= 15 is 0 Å². The van der Waals surface area contributed by atoms with E-state index in [2.05, 4.69) is 33.2 Å². The average molecular weight is 310 g/mol. The Morgan fingerprint density at radius 3 is 2.94 bits per heavy atom. The lowest BCUT2D eigenvalue weighted by molar-refractivity contribution is 0.206. The summed E-state index contributed by atoms with van der Waals surface area (Å²) in [4.78, 5) is 0. The predicted molar refractivity (Wildman–Crippen MR) is 73.3 cm³/mol. The first-order valence-electron chi connectivity index (χ1n) is 5.96. The molecule has 0 aliphatic rings. The number of benzene rings is 1. The van der Waals surface area contributed by atoms with Crippen LogP contribution >= 0.6 is 15.9 Å². The zero-order valence-electron chi connectivity index (χ0n) is 10.5. The Bertz CT molecular complexity index is 539. The van der Waals surface area contributed by atoms with Crippen molar-refractivity contribution in [3.8, 4) is 0 Å². The highest BCUT2D eigenvalue weighted by Crippen LogP contribution is 2.28. The van der Waals surface area contributed by atoms with E-state index in [9.17, 15) is 5.11 Å². The molecule has 0 spiro atoms. The summed E-state index contributed by atoms with van der Waals surface area (Å²) in [5.41, 5.74) is 2.68. The van der Waals surface area contributed by atoms with Crippen molar-refractivity contribution in [1.29, 1.82) is 0 Å². The smallest absolute Gasteiger partial charge is 0.123 e. The molecule has 0 bridgehead atoms. The molecular weight excluding hydrogens is 294 g/mol. The van der Waals surface area contributed by atoms with Crippen LogP contribution in [0.2, 0.25) is 0 Å². The van der Waals surface area contributed by atoms with E-state index in [0.717, 1.165) is 34.3 Å². The first kappa shape index (κ1) is 13.2. The zero-order valence-corrected chi connectivity index (χ0v) is 12.1. The summed E-state index contributed by atoms with van der Waals surface area (Å²) in [7, 11) is 0. The Kier molecular flexibility index (Phi) is 4.14. The molecule has 1 aromatic carbocycles. The Hall–Kier alpha value is -1.20. The third-order valence-corrected chi connectivity index (χ3v) is 3.53. The van der Waals surface area contributed by atoms with Gasteiger partial charge in [-0.25, -0.2) is 4.68 Å². The quantitative estimate of drug-likeness (QED) is 0.945. The molecular formula is C13H16BrN3O. The summed E-state index contributed by atoms with van der Waals surface area (Å²) < 4.78 is 2.64. The normalized spacial score (nSPS) is 12.7. The van der Waals surface area contributed by atoms with Gasteiger partial charge in [-0.2, -0.15) is 0 Å². The molecule has 0 aliphatic carbocycles. The molecule has 1 unspecified atom stereocenters. The molecule has 96 valence electrons. The average Bonchev–Trinajstić information content (AvgIpc) is 2.80. The fourth-order valence-electron chi connectivity index (χ4n) is 1.90. The number of hydrogen-bond donors (Lipinski definition) is 1. The molecule has 2 rings (SSSR count). The van der Waals surface area contributed by atoms with Crippen LogP contribution in [0.5, 0.6) is 0 Å². The number of aliphatic hydroxyl groups excluding tert-OH is 1. The van der Waals surface area contributed by atoms with E-state index in [1.54, 1.807) is 10.9 Å². The minimum absolute atomic E-state index is 0.708. The van der Waals surface area contributed by atoms with Gasteiger partial charge in [-0.05, 0) is 19.4 Å². The highest BCUT2D eigenvalue weighted by Gasteiger charge is 2.18. The molecule has 1 aromatic heterocycles. The zero-order chi connectivity index (χ0) is 13.1. The fourth-order valence-corrected chi connectivity index (χ4v) is 2.36. The second-order valence-corrected chi connectivity index (χ2v) is 5.16. The van der Waals surface area contributed by atoms with Crippen molar-refractivity contribution in [2.75, 3.05) is 0 Å². The lowest BCUT2D eigenvalue weighted by atomic mass is 10.0. The van der Waals surface area contributed by atoms with Gasteiger partial charge < -0.3 is 5.11 Å². The number of aromatic nitrogens is 3. The molecule has 1 heterocycles. The highest BCUT2D eigenvalue weighted by atomic mass is 79.9. The Labute approximate surface area is 115 Å². The van der Waals surface area contributed by atoms with Gasteiger partial charge in [0, 0.05) is 16.6 Å². The third-order valence-electron chi connectivity index (χ3n) is 2.81. The summed E-state index contributed by atoms with van der Waals surface area (Å²) in [6, 6.07) is 5.92. The van der Waals surface area contributed by atoms with Gasteiger partial charge in [0.2, 0.25) is 0 Å². The topological polar surface area (TPSA) is 50.9 Å². The van der Waals surface area contributed by atoms with Crippen LogP contribution in [0.25, 0.3) is 0 Å². The molecule has 0 saturated heterocycles. The fraction of sp³-hybridized carbons (Fsp3) is 0.385. The Morgan fingerprint density at radius 2 is 2.22 bits per heavy atom. The summed E-state index contributed by atoms with van der Waals surface area (Å²) >= 11 is 3.47. The number of halogens is 1. The van der Waals surface area contributed by atoms with Gasteiger partial charge in [-0.3, -0.25) is 0 Å². The number of hydrogen-bond acceptors (Lipinski definition) is 3. The van der Waals surface area contributed by atoms with Crippen LogP contribution in [-0.2, 0) is 6.54 Å². The van der Waals surface area contributed by atoms with Gasteiger partial charge in [0.05, 0.1) is 11.9 Å². The van der Waals surface area contributed by atoms with Gasteiger partial charge in [-0.1, -0.05) is 45.8 Å².